The molecule has 1 aromatic heterocycles. The number of nitrogens with zero attached hydrogens (tertiary/aromatic N) is 2. The number of carbonyl (C=O) groups excluding carboxylic acids is 1. The second kappa shape index (κ2) is 9.66. The average molecular weight is 417 g/mol. The smallest absolute Gasteiger partial charge is 0.233 e. The van der Waals surface area contributed by atoms with Crippen LogP contribution in [0, 0.1) is 5.82 Å². The van der Waals surface area contributed by atoms with Crippen LogP contribution in [0.3, 0.4) is 0 Å². The van der Waals surface area contributed by atoms with Crippen LogP contribution >= 0.6 is 23.1 Å². The van der Waals surface area contributed by atoms with Gasteiger partial charge in [0.15, 0.2) is 4.34 Å². The summed E-state index contributed by atoms with van der Waals surface area (Å²) in [5, 5.41) is 14.9. The molecule has 3 rings (SSSR count). The number of benzene rings is 2. The van der Waals surface area contributed by atoms with Crippen LogP contribution in [0.25, 0.3) is 0 Å². The summed E-state index contributed by atoms with van der Waals surface area (Å²) in [7, 11) is 0. The average Bonchev–Trinajstić information content (AvgIpc) is 3.15. The zero-order chi connectivity index (χ0) is 19.9. The van der Waals surface area contributed by atoms with E-state index in [4.69, 9.17) is 0 Å². The SMILES string of the molecule is CC(Sc1nnc(NCc2ccccc2)s1)C(=O)NC(C)c1ccc(F)cc1. The van der Waals surface area contributed by atoms with Gasteiger partial charge >= 0.3 is 0 Å². The Balaban J connectivity index is 1.49. The first-order chi connectivity index (χ1) is 13.5. The maximum Gasteiger partial charge on any atom is 0.233 e. The van der Waals surface area contributed by atoms with Crippen molar-refractivity contribution in [3.05, 3.63) is 71.5 Å². The Hall–Kier alpha value is -2.45. The van der Waals surface area contributed by atoms with Crippen LogP contribution in [0.2, 0.25) is 0 Å². The van der Waals surface area contributed by atoms with Crippen LogP contribution in [0.15, 0.2) is 58.9 Å². The van der Waals surface area contributed by atoms with Crippen molar-refractivity contribution in [1.29, 1.82) is 0 Å². The van der Waals surface area contributed by atoms with Gasteiger partial charge in [-0.1, -0.05) is 65.6 Å². The van der Waals surface area contributed by atoms with Crippen LogP contribution in [-0.4, -0.2) is 21.4 Å². The lowest BCUT2D eigenvalue weighted by atomic mass is 10.1. The maximum atomic E-state index is 13.0. The van der Waals surface area contributed by atoms with Gasteiger partial charge in [0.2, 0.25) is 11.0 Å². The van der Waals surface area contributed by atoms with Crippen LogP contribution in [0.4, 0.5) is 9.52 Å². The summed E-state index contributed by atoms with van der Waals surface area (Å²) in [6.45, 7) is 4.38. The molecule has 0 bridgehead atoms. The van der Waals surface area contributed by atoms with E-state index in [-0.39, 0.29) is 23.0 Å². The third-order valence-electron chi connectivity index (χ3n) is 4.07. The molecule has 2 aromatic carbocycles. The largest absolute Gasteiger partial charge is 0.356 e. The Morgan fingerprint density at radius 2 is 1.82 bits per heavy atom. The molecule has 0 aliphatic carbocycles. The van der Waals surface area contributed by atoms with Crippen molar-refractivity contribution in [2.75, 3.05) is 5.32 Å². The Morgan fingerprint density at radius 1 is 1.11 bits per heavy atom. The van der Waals surface area contributed by atoms with Gasteiger partial charge in [0.1, 0.15) is 5.82 Å². The summed E-state index contributed by atoms with van der Waals surface area (Å²) in [5.41, 5.74) is 2.02. The molecule has 8 heteroatoms. The summed E-state index contributed by atoms with van der Waals surface area (Å²) in [6.07, 6.45) is 0. The van der Waals surface area contributed by atoms with Crippen molar-refractivity contribution in [2.45, 2.75) is 36.0 Å². The fourth-order valence-corrected chi connectivity index (χ4v) is 4.37. The van der Waals surface area contributed by atoms with E-state index in [0.29, 0.717) is 6.54 Å². The second-order valence-corrected chi connectivity index (χ2v) is 8.82. The quantitative estimate of drug-likeness (QED) is 0.524. The van der Waals surface area contributed by atoms with E-state index in [1.165, 1.54) is 35.2 Å². The number of amides is 1. The van der Waals surface area contributed by atoms with Crippen LogP contribution < -0.4 is 10.6 Å². The fourth-order valence-electron chi connectivity index (χ4n) is 2.47. The molecule has 146 valence electrons. The minimum absolute atomic E-state index is 0.101. The Kier molecular flexibility index (Phi) is 7.00. The molecule has 2 atom stereocenters. The third-order valence-corrected chi connectivity index (χ3v) is 6.13. The van der Waals surface area contributed by atoms with Gasteiger partial charge in [-0.3, -0.25) is 4.79 Å². The summed E-state index contributed by atoms with van der Waals surface area (Å²) in [5.74, 6) is -0.394. The summed E-state index contributed by atoms with van der Waals surface area (Å²) in [4.78, 5) is 12.5. The first kappa shape index (κ1) is 20.3. The highest BCUT2D eigenvalue weighted by Gasteiger charge is 2.19. The summed E-state index contributed by atoms with van der Waals surface area (Å²) in [6, 6.07) is 16.0. The molecule has 1 heterocycles. The van der Waals surface area contributed by atoms with Gasteiger partial charge in [0.25, 0.3) is 0 Å². The number of nitrogens with one attached hydrogen (secondary N) is 2. The molecule has 5 nitrogen and oxygen atoms in total. The lowest BCUT2D eigenvalue weighted by Gasteiger charge is -2.17. The van der Waals surface area contributed by atoms with E-state index in [2.05, 4.69) is 20.8 Å². The predicted molar refractivity (Wildman–Crippen MR) is 112 cm³/mol. The summed E-state index contributed by atoms with van der Waals surface area (Å²) < 4.78 is 13.8. The minimum atomic E-state index is -0.321. The molecule has 1 amide bonds. The number of hydrogen-bond donors (Lipinski definition) is 2. The van der Waals surface area contributed by atoms with Crippen molar-refractivity contribution in [1.82, 2.24) is 15.5 Å². The van der Waals surface area contributed by atoms with Crippen molar-refractivity contribution < 1.29 is 9.18 Å². The van der Waals surface area contributed by atoms with Gasteiger partial charge in [-0.05, 0) is 37.1 Å². The van der Waals surface area contributed by atoms with E-state index in [1.807, 2.05) is 44.2 Å². The Morgan fingerprint density at radius 3 is 2.54 bits per heavy atom. The molecule has 3 aromatic rings. The first-order valence-electron chi connectivity index (χ1n) is 8.85. The highest BCUT2D eigenvalue weighted by Crippen LogP contribution is 2.29. The van der Waals surface area contributed by atoms with Gasteiger partial charge in [-0.15, -0.1) is 10.2 Å². The zero-order valence-corrected chi connectivity index (χ0v) is 17.2. The monoisotopic (exact) mass is 416 g/mol. The minimum Gasteiger partial charge on any atom is -0.356 e. The predicted octanol–water partition coefficient (Wildman–Crippen LogP) is 4.65. The standard InChI is InChI=1S/C20H21FN4OS2/c1-13(16-8-10-17(21)11-9-16)23-18(26)14(2)27-20-25-24-19(28-20)22-12-15-6-4-3-5-7-15/h3-11,13-14H,12H2,1-2H3,(H,22,24)(H,23,26). The van der Waals surface area contributed by atoms with E-state index in [1.54, 1.807) is 12.1 Å². The van der Waals surface area contributed by atoms with Gasteiger partial charge in [-0.2, -0.15) is 0 Å². The number of aromatic nitrogens is 2. The van der Waals surface area contributed by atoms with E-state index in [9.17, 15) is 9.18 Å². The molecule has 28 heavy (non-hydrogen) atoms. The van der Waals surface area contributed by atoms with Crippen molar-refractivity contribution in [3.8, 4) is 0 Å². The normalized spacial score (nSPS) is 13.0. The molecule has 0 spiro atoms. The van der Waals surface area contributed by atoms with Gasteiger partial charge in [-0.25, -0.2) is 4.39 Å². The first-order valence-corrected chi connectivity index (χ1v) is 10.5. The van der Waals surface area contributed by atoms with E-state index < -0.39 is 0 Å². The number of hydrogen-bond acceptors (Lipinski definition) is 6. The second-order valence-electron chi connectivity index (χ2n) is 6.25. The number of anilines is 1. The van der Waals surface area contributed by atoms with Crippen LogP contribution in [-0.2, 0) is 11.3 Å². The van der Waals surface area contributed by atoms with Crippen molar-refractivity contribution >= 4 is 34.1 Å². The van der Waals surface area contributed by atoms with Crippen molar-refractivity contribution in [3.63, 3.8) is 0 Å². The fraction of sp³-hybridized carbons (Fsp3) is 0.250. The molecule has 0 radical (unpaired) electrons. The van der Waals surface area contributed by atoms with Gasteiger partial charge in [0.05, 0.1) is 11.3 Å². The number of thioether (sulfide) groups is 1. The van der Waals surface area contributed by atoms with Crippen LogP contribution in [0.1, 0.15) is 31.0 Å². The number of rotatable bonds is 8. The lowest BCUT2D eigenvalue weighted by molar-refractivity contribution is -0.120. The Labute approximate surface area is 171 Å². The molecule has 0 aliphatic rings. The molecular formula is C20H21FN4OS2. The molecule has 0 aliphatic heterocycles. The lowest BCUT2D eigenvalue weighted by Crippen LogP contribution is -2.33. The molecule has 0 fully saturated rings. The van der Waals surface area contributed by atoms with E-state index >= 15 is 0 Å². The highest BCUT2D eigenvalue weighted by atomic mass is 32.2. The zero-order valence-electron chi connectivity index (χ0n) is 15.6. The molecular weight excluding hydrogens is 395 g/mol. The molecule has 2 unspecified atom stereocenters. The summed E-state index contributed by atoms with van der Waals surface area (Å²) >= 11 is 2.79. The highest BCUT2D eigenvalue weighted by molar-refractivity contribution is 8.02. The van der Waals surface area contributed by atoms with Crippen LogP contribution in [0.5, 0.6) is 0 Å². The molecule has 0 saturated carbocycles. The number of carbonyl (C=O) groups is 1. The molecule has 0 saturated heterocycles. The topological polar surface area (TPSA) is 66.9 Å². The Bertz CT molecular complexity index is 902. The number of halogens is 1. The third kappa shape index (κ3) is 5.77. The van der Waals surface area contributed by atoms with E-state index in [0.717, 1.165) is 20.6 Å². The molecule has 2 N–H and O–H groups in total. The van der Waals surface area contributed by atoms with Gasteiger partial charge in [0, 0.05) is 6.54 Å². The van der Waals surface area contributed by atoms with Gasteiger partial charge < -0.3 is 10.6 Å². The van der Waals surface area contributed by atoms with Crippen molar-refractivity contribution in [2.24, 2.45) is 0 Å². The maximum absolute atomic E-state index is 13.0.